The molecule has 1 atom stereocenters. The third-order valence-corrected chi connectivity index (χ3v) is 7.83. The zero-order chi connectivity index (χ0) is 27.9. The molecule has 3 N–H and O–H groups in total. The molecule has 0 saturated heterocycles. The fourth-order valence-corrected chi connectivity index (χ4v) is 5.55. The Kier molecular flexibility index (Phi) is 9.36. The number of nitrogens with one attached hydrogen (secondary N) is 3. The lowest BCUT2D eigenvalue weighted by atomic mass is 9.82. The SMILES string of the molecule is COc1ccccc1NC(=O)C1=C(C)NC(SCC(=O)Nc2ccc(Br)cc2)=C(C#N)[C@H]1c1ccccc1Cl. The number of nitriles is 1. The molecule has 4 rings (SSSR count). The second-order valence-electron chi connectivity index (χ2n) is 8.47. The first-order chi connectivity index (χ1) is 18.8. The molecule has 0 saturated carbocycles. The van der Waals surface area contributed by atoms with E-state index in [1.54, 1.807) is 61.5 Å². The summed E-state index contributed by atoms with van der Waals surface area (Å²) in [5.41, 5.74) is 2.95. The standard InChI is InChI=1S/C29H24BrClN4O3S/c1-17-26(28(37)35-23-9-5-6-10-24(23)38-2)27(20-7-3-4-8-22(20)31)21(15-32)29(33-17)39-16-25(36)34-19-13-11-18(30)12-14-19/h3-14,27,33H,16H2,1-2H3,(H,34,36)(H,35,37)/t27-/m1/s1. The van der Waals surface area contributed by atoms with Crippen LogP contribution >= 0.6 is 39.3 Å². The summed E-state index contributed by atoms with van der Waals surface area (Å²) >= 11 is 11.1. The predicted octanol–water partition coefficient (Wildman–Crippen LogP) is 6.82. The van der Waals surface area contributed by atoms with Crippen molar-refractivity contribution in [2.24, 2.45) is 0 Å². The van der Waals surface area contributed by atoms with Crippen molar-refractivity contribution >= 4 is 62.5 Å². The number of carbonyl (C=O) groups excluding carboxylic acids is 2. The summed E-state index contributed by atoms with van der Waals surface area (Å²) in [6.07, 6.45) is 0. The van der Waals surface area contributed by atoms with Gasteiger partial charge in [0.2, 0.25) is 5.91 Å². The van der Waals surface area contributed by atoms with Gasteiger partial charge in [-0.1, -0.05) is 69.6 Å². The van der Waals surface area contributed by atoms with Crippen molar-refractivity contribution in [3.05, 3.63) is 110 Å². The number of nitrogens with zero attached hydrogens (tertiary/aromatic N) is 1. The van der Waals surface area contributed by atoms with E-state index < -0.39 is 11.8 Å². The van der Waals surface area contributed by atoms with E-state index in [2.05, 4.69) is 37.9 Å². The normalized spacial score (nSPS) is 14.8. The Morgan fingerprint density at radius 3 is 2.46 bits per heavy atom. The van der Waals surface area contributed by atoms with Gasteiger partial charge in [0.15, 0.2) is 0 Å². The molecular weight excluding hydrogens is 600 g/mol. The van der Waals surface area contributed by atoms with Crippen molar-refractivity contribution in [1.29, 1.82) is 5.26 Å². The number of hydrogen-bond acceptors (Lipinski definition) is 6. The van der Waals surface area contributed by atoms with Gasteiger partial charge in [-0.15, -0.1) is 0 Å². The molecule has 198 valence electrons. The molecule has 2 amide bonds. The number of dihydropyridines is 1. The number of benzene rings is 3. The number of ether oxygens (including phenoxy) is 1. The van der Waals surface area contributed by atoms with E-state index in [4.69, 9.17) is 16.3 Å². The van der Waals surface area contributed by atoms with Crippen molar-refractivity contribution in [1.82, 2.24) is 5.32 Å². The number of amides is 2. The molecule has 3 aromatic rings. The minimum absolute atomic E-state index is 0.0504. The van der Waals surface area contributed by atoms with E-state index in [0.29, 0.717) is 49.6 Å². The van der Waals surface area contributed by atoms with Crippen LogP contribution in [0.25, 0.3) is 0 Å². The number of methoxy groups -OCH3 is 1. The van der Waals surface area contributed by atoms with Gasteiger partial charge in [0.1, 0.15) is 5.75 Å². The lowest BCUT2D eigenvalue weighted by Gasteiger charge is -2.30. The maximum absolute atomic E-state index is 13.7. The first-order valence-electron chi connectivity index (χ1n) is 11.8. The topological polar surface area (TPSA) is 103 Å². The largest absolute Gasteiger partial charge is 0.495 e. The minimum Gasteiger partial charge on any atom is -0.495 e. The van der Waals surface area contributed by atoms with Crippen LogP contribution in [-0.2, 0) is 9.59 Å². The molecular formula is C29H24BrClN4O3S. The van der Waals surface area contributed by atoms with E-state index in [1.807, 2.05) is 18.2 Å². The van der Waals surface area contributed by atoms with Gasteiger partial charge in [-0.25, -0.2) is 0 Å². The first-order valence-corrected chi connectivity index (χ1v) is 14.0. The van der Waals surface area contributed by atoms with E-state index >= 15 is 0 Å². The van der Waals surface area contributed by atoms with E-state index in [9.17, 15) is 14.9 Å². The Balaban J connectivity index is 1.65. The third-order valence-electron chi connectivity index (χ3n) is 5.94. The summed E-state index contributed by atoms with van der Waals surface area (Å²) < 4.78 is 6.29. The zero-order valence-corrected chi connectivity index (χ0v) is 24.2. The third kappa shape index (κ3) is 6.66. The molecule has 0 fully saturated rings. The molecule has 0 aliphatic carbocycles. The molecule has 3 aromatic carbocycles. The Morgan fingerprint density at radius 1 is 1.08 bits per heavy atom. The molecule has 0 unspecified atom stereocenters. The fourth-order valence-electron chi connectivity index (χ4n) is 4.15. The van der Waals surface area contributed by atoms with Gasteiger partial charge in [0, 0.05) is 26.5 Å². The maximum atomic E-state index is 13.7. The molecule has 7 nitrogen and oxygen atoms in total. The quantitative estimate of drug-likeness (QED) is 0.255. The van der Waals surface area contributed by atoms with Crippen LogP contribution in [0, 0.1) is 11.3 Å². The molecule has 1 aliphatic rings. The van der Waals surface area contributed by atoms with Crippen molar-refractivity contribution in [2.75, 3.05) is 23.5 Å². The Hall–Kier alpha value is -3.71. The highest BCUT2D eigenvalue weighted by atomic mass is 79.9. The molecule has 0 bridgehead atoms. The summed E-state index contributed by atoms with van der Waals surface area (Å²) in [7, 11) is 1.52. The van der Waals surface area contributed by atoms with Gasteiger partial charge in [-0.05, 0) is 55.0 Å². The highest BCUT2D eigenvalue weighted by Crippen LogP contribution is 2.43. The van der Waals surface area contributed by atoms with Gasteiger partial charge >= 0.3 is 0 Å². The smallest absolute Gasteiger partial charge is 0.254 e. The number of rotatable bonds is 8. The average molecular weight is 624 g/mol. The van der Waals surface area contributed by atoms with Crippen LogP contribution in [0.1, 0.15) is 18.4 Å². The molecule has 1 aliphatic heterocycles. The van der Waals surface area contributed by atoms with E-state index in [0.717, 1.165) is 4.47 Å². The van der Waals surface area contributed by atoms with E-state index in [1.165, 1.54) is 18.9 Å². The van der Waals surface area contributed by atoms with E-state index in [-0.39, 0.29) is 11.7 Å². The lowest BCUT2D eigenvalue weighted by molar-refractivity contribution is -0.114. The van der Waals surface area contributed by atoms with Gasteiger partial charge in [-0.3, -0.25) is 9.59 Å². The number of hydrogen-bond donors (Lipinski definition) is 3. The van der Waals surface area contributed by atoms with Crippen LogP contribution in [0.3, 0.4) is 0 Å². The Morgan fingerprint density at radius 2 is 1.77 bits per heavy atom. The Bertz CT molecular complexity index is 1520. The van der Waals surface area contributed by atoms with Crippen LogP contribution in [0.2, 0.25) is 5.02 Å². The number of carbonyl (C=O) groups is 2. The molecule has 10 heteroatoms. The van der Waals surface area contributed by atoms with Crippen molar-refractivity contribution in [2.45, 2.75) is 12.8 Å². The fraction of sp³-hybridized carbons (Fsp3) is 0.138. The van der Waals surface area contributed by atoms with Crippen LogP contribution in [0.5, 0.6) is 5.75 Å². The zero-order valence-electron chi connectivity index (χ0n) is 21.0. The summed E-state index contributed by atoms with van der Waals surface area (Å²) in [5, 5.41) is 20.1. The van der Waals surface area contributed by atoms with Gasteiger partial charge < -0.3 is 20.7 Å². The maximum Gasteiger partial charge on any atom is 0.254 e. The number of allylic oxidation sites excluding steroid dienone is 2. The van der Waals surface area contributed by atoms with Crippen molar-refractivity contribution in [3.63, 3.8) is 0 Å². The van der Waals surface area contributed by atoms with Gasteiger partial charge in [0.25, 0.3) is 5.91 Å². The molecule has 1 heterocycles. The van der Waals surface area contributed by atoms with Gasteiger partial charge in [-0.2, -0.15) is 5.26 Å². The molecule has 0 spiro atoms. The number of para-hydroxylation sites is 2. The number of anilines is 2. The van der Waals surface area contributed by atoms with Crippen LogP contribution in [0.4, 0.5) is 11.4 Å². The highest BCUT2D eigenvalue weighted by molar-refractivity contribution is 9.10. The highest BCUT2D eigenvalue weighted by Gasteiger charge is 2.36. The van der Waals surface area contributed by atoms with Crippen LogP contribution in [-0.4, -0.2) is 24.7 Å². The molecule has 39 heavy (non-hydrogen) atoms. The summed E-state index contributed by atoms with van der Waals surface area (Å²) in [4.78, 5) is 26.4. The van der Waals surface area contributed by atoms with Crippen molar-refractivity contribution < 1.29 is 14.3 Å². The lowest BCUT2D eigenvalue weighted by Crippen LogP contribution is -2.31. The second-order valence-corrected chi connectivity index (χ2v) is 10.8. The van der Waals surface area contributed by atoms with Crippen LogP contribution in [0.15, 0.2) is 99.1 Å². The summed E-state index contributed by atoms with van der Waals surface area (Å²) in [6.45, 7) is 1.76. The summed E-state index contributed by atoms with van der Waals surface area (Å²) in [5.74, 6) is -0.832. The monoisotopic (exact) mass is 622 g/mol. The number of halogens is 2. The van der Waals surface area contributed by atoms with Gasteiger partial charge in [0.05, 0.1) is 41.1 Å². The number of thioether (sulfide) groups is 1. The van der Waals surface area contributed by atoms with Crippen molar-refractivity contribution in [3.8, 4) is 11.8 Å². The molecule has 0 aromatic heterocycles. The van der Waals surface area contributed by atoms with Crippen LogP contribution < -0.4 is 20.7 Å². The first kappa shape index (κ1) is 28.3. The second kappa shape index (κ2) is 12.9. The predicted molar refractivity (Wildman–Crippen MR) is 160 cm³/mol. The molecule has 0 radical (unpaired) electrons. The minimum atomic E-state index is -0.753. The Labute approximate surface area is 244 Å². The summed E-state index contributed by atoms with van der Waals surface area (Å²) in [6, 6.07) is 23.7. The average Bonchev–Trinajstić information content (AvgIpc) is 2.93.